The molecule has 15 nitrogen and oxygen atoms in total. The number of aromatic carboxylic acids is 1. The molecule has 0 saturated carbocycles. The third-order valence-corrected chi connectivity index (χ3v) is 17.4. The summed E-state index contributed by atoms with van der Waals surface area (Å²) in [5, 5.41) is 24.0. The fourth-order valence-corrected chi connectivity index (χ4v) is 12.7. The minimum atomic E-state index is -0.889. The quantitative estimate of drug-likeness (QED) is 0.0763. The summed E-state index contributed by atoms with van der Waals surface area (Å²) in [5.74, 6) is -0.742. The number of likely N-dealkylation sites (N-methyl/N-ethyl adjacent to an activating group) is 2. The molecular weight excluding hydrogens is 1000 g/mol. The van der Waals surface area contributed by atoms with E-state index in [1.807, 2.05) is 53.7 Å². The van der Waals surface area contributed by atoms with Crippen molar-refractivity contribution in [2.45, 2.75) is 51.4 Å². The molecule has 17 heteroatoms. The summed E-state index contributed by atoms with van der Waals surface area (Å²) in [5.41, 5.74) is 7.79. The Labute approximate surface area is 460 Å². The van der Waals surface area contributed by atoms with Crippen molar-refractivity contribution in [3.63, 3.8) is 0 Å². The number of thiophene rings is 2. The van der Waals surface area contributed by atoms with Crippen LogP contribution in [0.4, 0.5) is 11.4 Å². The maximum Gasteiger partial charge on any atom is 0.345 e. The smallest absolute Gasteiger partial charge is 0.345 e. The largest absolute Gasteiger partial charge is 0.477 e. The Hall–Kier alpha value is -6.18. The summed E-state index contributed by atoms with van der Waals surface area (Å²) < 4.78 is 2.07. The molecule has 4 aliphatic rings. The molecule has 0 unspecified atom stereocenters. The lowest BCUT2D eigenvalue weighted by Gasteiger charge is -2.32. The van der Waals surface area contributed by atoms with E-state index in [1.165, 1.54) is 89.1 Å². The Kier molecular flexibility index (Phi) is 18.6. The van der Waals surface area contributed by atoms with Gasteiger partial charge in [-0.2, -0.15) is 0 Å². The zero-order chi connectivity index (χ0) is 52.9. The van der Waals surface area contributed by atoms with Gasteiger partial charge < -0.3 is 45.6 Å². The summed E-state index contributed by atoms with van der Waals surface area (Å²) in [7, 11) is 4.26. The molecule has 0 spiro atoms. The van der Waals surface area contributed by atoms with Crippen LogP contribution in [0.5, 0.6) is 0 Å². The Bertz CT molecular complexity index is 3250. The van der Waals surface area contributed by atoms with Crippen LogP contribution in [0, 0.1) is 0 Å². The highest BCUT2D eigenvalue weighted by Crippen LogP contribution is 2.35. The van der Waals surface area contributed by atoms with Crippen LogP contribution in [-0.2, 0) is 0 Å². The van der Waals surface area contributed by atoms with Gasteiger partial charge in [-0.15, -0.1) is 22.7 Å². The van der Waals surface area contributed by atoms with Crippen LogP contribution in [0.25, 0.3) is 64.5 Å². The SMILES string of the molecule is CN1CCN(C(=O)c2cc3ccc(-c4cc(NCCCN5CCCCC5)c5cnccc5n4)cc3s2)CC1.CN1CCNCC1.O=C(O)c1cc2ccc(-c3cc(NCCCN4CCCCC4)c4cnccc4n3)cc2s1. The lowest BCUT2D eigenvalue weighted by Crippen LogP contribution is -2.46. The molecule has 2 aromatic carbocycles. The lowest BCUT2D eigenvalue weighted by molar-refractivity contribution is 0.0667. The highest BCUT2D eigenvalue weighted by atomic mass is 32.1. The van der Waals surface area contributed by atoms with Gasteiger partial charge in [-0.3, -0.25) is 14.8 Å². The topological polar surface area (TPSA) is 158 Å². The first-order valence-corrected chi connectivity index (χ1v) is 29.4. The van der Waals surface area contributed by atoms with E-state index < -0.39 is 5.97 Å². The number of rotatable bonds is 14. The second-order valence-electron chi connectivity index (χ2n) is 20.9. The maximum atomic E-state index is 13.1. The number of nitrogens with zero attached hydrogens (tertiary/aromatic N) is 9. The predicted octanol–water partition coefficient (Wildman–Crippen LogP) is 10.2. The van der Waals surface area contributed by atoms with Gasteiger partial charge in [-0.05, 0) is 151 Å². The molecule has 404 valence electrons. The molecule has 4 saturated heterocycles. The number of piperazine rings is 2. The third kappa shape index (κ3) is 14.3. The van der Waals surface area contributed by atoms with E-state index in [-0.39, 0.29) is 5.91 Å². The zero-order valence-electron chi connectivity index (χ0n) is 44.8. The van der Waals surface area contributed by atoms with Crippen LogP contribution in [0.3, 0.4) is 0 Å². The number of anilines is 2. The molecule has 1 amide bonds. The molecule has 0 atom stereocenters. The Balaban J connectivity index is 0.000000157. The second-order valence-corrected chi connectivity index (χ2v) is 23.1. The van der Waals surface area contributed by atoms with Crippen LogP contribution in [-0.4, -0.2) is 180 Å². The molecule has 77 heavy (non-hydrogen) atoms. The number of amides is 1. The van der Waals surface area contributed by atoms with E-state index >= 15 is 0 Å². The number of carboxylic acids is 1. The van der Waals surface area contributed by atoms with Gasteiger partial charge in [0.1, 0.15) is 4.88 Å². The van der Waals surface area contributed by atoms with Gasteiger partial charge in [0.15, 0.2) is 0 Å². The average molecular weight is 1080 g/mol. The number of fused-ring (bicyclic) bond motifs is 4. The molecule has 0 aliphatic carbocycles. The molecule has 12 rings (SSSR count). The van der Waals surface area contributed by atoms with Crippen LogP contribution >= 0.6 is 22.7 Å². The standard InChI is InChI=1S/C30H36N6OS.C25H26N4O2S.C5H12N2/c1-34-14-16-36(17-15-34)30(37)29-19-23-7-6-22(18-28(23)38-29)26-20-27(24-21-31-10-8-25(24)33-26)32-9-5-13-35-11-3-2-4-12-35;30-25(31)24-14-18-6-5-17(13-23(18)32-24)21-15-22(19-16-26-9-7-20(19)28-21)27-8-4-12-29-10-2-1-3-11-29;1-7-4-2-6-3-5-7/h6-8,10,18-21H,2-5,9,11-17H2,1H3,(H,32,33);5-7,9,13-16H,1-4,8,10-12H2,(H,27,28)(H,30,31);6H,2-5H2,1H3. The number of nitrogens with one attached hydrogen (secondary N) is 3. The molecular formula is C60H74N12O3S2. The fraction of sp³-hybridized carbons (Fsp3) is 0.433. The summed E-state index contributed by atoms with van der Waals surface area (Å²) in [4.78, 5) is 55.8. The first-order chi connectivity index (χ1) is 37.7. The third-order valence-electron chi connectivity index (χ3n) is 15.2. The number of carboxylic acid groups (broad SMARTS) is 1. The normalized spacial score (nSPS) is 17.0. The van der Waals surface area contributed by atoms with Crippen molar-refractivity contribution in [3.8, 4) is 22.5 Å². The van der Waals surface area contributed by atoms with E-state index in [0.717, 1.165) is 159 Å². The monoisotopic (exact) mass is 1070 g/mol. The van der Waals surface area contributed by atoms with Gasteiger partial charge in [-0.1, -0.05) is 37.1 Å². The second kappa shape index (κ2) is 26.4. The molecule has 10 heterocycles. The minimum Gasteiger partial charge on any atom is -0.477 e. The van der Waals surface area contributed by atoms with Crippen molar-refractivity contribution in [1.29, 1.82) is 0 Å². The van der Waals surface area contributed by atoms with Crippen LogP contribution < -0.4 is 16.0 Å². The van der Waals surface area contributed by atoms with E-state index in [4.69, 9.17) is 9.97 Å². The fourth-order valence-electron chi connectivity index (χ4n) is 10.7. The lowest BCUT2D eigenvalue weighted by atomic mass is 10.1. The van der Waals surface area contributed by atoms with Crippen LogP contribution in [0.2, 0.25) is 0 Å². The summed E-state index contributed by atoms with van der Waals surface area (Å²) in [6.45, 7) is 17.2. The molecule has 4 fully saturated rings. The van der Waals surface area contributed by atoms with Crippen molar-refractivity contribution in [1.82, 2.24) is 49.8 Å². The highest BCUT2D eigenvalue weighted by Gasteiger charge is 2.23. The van der Waals surface area contributed by atoms with Crippen molar-refractivity contribution in [3.05, 3.63) is 107 Å². The van der Waals surface area contributed by atoms with Crippen LogP contribution in [0.1, 0.15) is 70.7 Å². The Morgan fingerprint density at radius 1 is 0.571 bits per heavy atom. The highest BCUT2D eigenvalue weighted by molar-refractivity contribution is 7.21. The molecule has 8 aromatic rings. The van der Waals surface area contributed by atoms with Crippen molar-refractivity contribution >= 4 is 87.9 Å². The predicted molar refractivity (Wildman–Crippen MR) is 318 cm³/mol. The van der Waals surface area contributed by atoms with E-state index in [0.29, 0.717) is 4.88 Å². The number of pyridine rings is 4. The number of hydrogen-bond acceptors (Lipinski definition) is 15. The number of aromatic nitrogens is 4. The maximum absolute atomic E-state index is 13.1. The van der Waals surface area contributed by atoms with Crippen molar-refractivity contribution in [2.24, 2.45) is 0 Å². The van der Waals surface area contributed by atoms with Gasteiger partial charge in [0.05, 0.1) is 27.3 Å². The minimum absolute atomic E-state index is 0.146. The number of carbonyl (C=O) groups excluding carboxylic acids is 1. The van der Waals surface area contributed by atoms with Crippen LogP contribution in [0.15, 0.2) is 97.6 Å². The van der Waals surface area contributed by atoms with E-state index in [9.17, 15) is 14.7 Å². The average Bonchev–Trinajstić information content (AvgIpc) is 4.16. The molecule has 0 radical (unpaired) electrons. The van der Waals surface area contributed by atoms with Crippen molar-refractivity contribution < 1.29 is 14.7 Å². The summed E-state index contributed by atoms with van der Waals surface area (Å²) in [6.07, 6.45) is 17.6. The van der Waals surface area contributed by atoms with E-state index in [1.54, 1.807) is 29.8 Å². The Morgan fingerprint density at radius 2 is 1.05 bits per heavy atom. The van der Waals surface area contributed by atoms with Crippen molar-refractivity contribution in [2.75, 3.05) is 129 Å². The van der Waals surface area contributed by atoms with Gasteiger partial charge in [0, 0.05) is 133 Å². The summed E-state index contributed by atoms with van der Waals surface area (Å²) >= 11 is 2.88. The number of carbonyl (C=O) groups is 2. The molecule has 4 N–H and O–H groups in total. The number of piperidine rings is 2. The number of likely N-dealkylation sites (tertiary alicyclic amines) is 2. The van der Waals surface area contributed by atoms with Gasteiger partial charge in [0.2, 0.25) is 0 Å². The first kappa shape index (κ1) is 54.2. The summed E-state index contributed by atoms with van der Waals surface area (Å²) in [6, 6.07) is 24.3. The zero-order valence-corrected chi connectivity index (χ0v) is 46.4. The van der Waals surface area contributed by atoms with Gasteiger partial charge in [0.25, 0.3) is 5.91 Å². The molecule has 6 aromatic heterocycles. The molecule has 0 bridgehead atoms. The first-order valence-electron chi connectivity index (χ1n) is 27.8. The van der Waals surface area contributed by atoms with Gasteiger partial charge >= 0.3 is 5.97 Å². The Morgan fingerprint density at radius 3 is 1.53 bits per heavy atom. The number of benzene rings is 2. The van der Waals surface area contributed by atoms with E-state index in [2.05, 4.69) is 89.9 Å². The van der Waals surface area contributed by atoms with Gasteiger partial charge in [-0.25, -0.2) is 14.8 Å². The molecule has 4 aliphatic heterocycles. The number of hydrogen-bond donors (Lipinski definition) is 4.